The molecule has 7 nitrogen and oxygen atoms in total. The lowest BCUT2D eigenvalue weighted by Crippen LogP contribution is -1.97. The fraction of sp³-hybridized carbons (Fsp3) is 0.0909. The van der Waals surface area contributed by atoms with Gasteiger partial charge in [-0.1, -0.05) is 24.3 Å². The molecule has 0 amide bonds. The highest BCUT2D eigenvalue weighted by Crippen LogP contribution is 2.32. The lowest BCUT2D eigenvalue weighted by atomic mass is 10.1. The number of hydrogen-bond acceptors (Lipinski definition) is 4. The number of rotatable bonds is 2. The Balaban J connectivity index is 0.000000399. The van der Waals surface area contributed by atoms with Crippen LogP contribution in [0.5, 0.6) is 0 Å². The summed E-state index contributed by atoms with van der Waals surface area (Å²) in [5, 5.41) is 15.3. The largest absolute Gasteiger partial charge is 0.692 e. The molecule has 3 N–H and O–H groups in total. The number of benzene rings is 2. The van der Waals surface area contributed by atoms with E-state index in [4.69, 9.17) is 14.4 Å². The van der Waals surface area contributed by atoms with E-state index in [2.05, 4.69) is 5.32 Å². The highest BCUT2D eigenvalue weighted by Gasteiger charge is 2.16. The summed E-state index contributed by atoms with van der Waals surface area (Å²) in [6.45, 7) is 0. The van der Waals surface area contributed by atoms with Crippen molar-refractivity contribution in [3.05, 3.63) is 46.5 Å². The normalized spacial score (nSPS) is 9.42. The number of hydrogen-bond donors (Lipinski definition) is 3. The fourth-order valence-electron chi connectivity index (χ4n) is 1.65. The molecule has 100 valence electrons. The molecule has 8 heteroatoms. The number of anilines is 1. The Bertz CT molecular complexity index is 613. The first kappa shape index (κ1) is 15.0. The van der Waals surface area contributed by atoms with E-state index in [1.54, 1.807) is 25.2 Å². The maximum absolute atomic E-state index is 11.0. The maximum atomic E-state index is 11.0. The zero-order valence-electron chi connectivity index (χ0n) is 9.98. The van der Waals surface area contributed by atoms with Crippen LogP contribution in [0.3, 0.4) is 0 Å². The van der Waals surface area contributed by atoms with Crippen LogP contribution in [0.4, 0.5) is 11.4 Å². The lowest BCUT2D eigenvalue weighted by molar-refractivity contribution is -0.382. The quantitative estimate of drug-likeness (QED) is 0.443. The Morgan fingerprint density at radius 3 is 2.32 bits per heavy atom. The Hall–Kier alpha value is -2.08. The molecule has 0 aromatic heterocycles. The lowest BCUT2D eigenvalue weighted by Gasteiger charge is -2.04. The zero-order chi connectivity index (χ0) is 14.4. The SMILES string of the molecule is CNc1ccc2ccccc2c1[N+](=O)[O-].O=[P+](O)O. The van der Waals surface area contributed by atoms with Gasteiger partial charge in [-0.3, -0.25) is 10.1 Å². The van der Waals surface area contributed by atoms with Crippen molar-refractivity contribution in [2.24, 2.45) is 0 Å². The average molecular weight is 283 g/mol. The van der Waals surface area contributed by atoms with Gasteiger partial charge in [0.15, 0.2) is 0 Å². The van der Waals surface area contributed by atoms with E-state index in [1.165, 1.54) is 0 Å². The third-order valence-electron chi connectivity index (χ3n) is 2.35. The van der Waals surface area contributed by atoms with Gasteiger partial charge in [0.1, 0.15) is 5.69 Å². The number of fused-ring (bicyclic) bond motifs is 1. The van der Waals surface area contributed by atoms with Crippen molar-refractivity contribution < 1.29 is 19.3 Å². The predicted octanol–water partition coefficient (Wildman–Crippen LogP) is 2.42. The minimum Gasteiger partial charge on any atom is -0.383 e. The summed E-state index contributed by atoms with van der Waals surface area (Å²) >= 11 is 0. The van der Waals surface area contributed by atoms with Crippen LogP contribution < -0.4 is 5.32 Å². The topological polar surface area (TPSA) is 113 Å². The van der Waals surface area contributed by atoms with Crippen LogP contribution in [-0.2, 0) is 4.57 Å². The standard InChI is InChI=1S/C11H10N2O2.HO3P/c1-12-10-7-6-8-4-2-3-5-9(8)11(10)13(14)15;1-4(2)3/h2-7,12H,1H3;(H-,1,2,3)/p+1. The highest BCUT2D eigenvalue weighted by molar-refractivity contribution is 7.30. The van der Waals surface area contributed by atoms with E-state index in [-0.39, 0.29) is 10.6 Å². The first-order chi connectivity index (χ1) is 8.97. The summed E-state index contributed by atoms with van der Waals surface area (Å²) in [6, 6.07) is 10.9. The number of nitro groups is 1. The van der Waals surface area contributed by atoms with Crippen LogP contribution in [0.25, 0.3) is 10.8 Å². The third kappa shape index (κ3) is 3.96. The van der Waals surface area contributed by atoms with Crippen LogP contribution >= 0.6 is 8.25 Å². The van der Waals surface area contributed by atoms with E-state index in [0.29, 0.717) is 11.1 Å². The van der Waals surface area contributed by atoms with Gasteiger partial charge in [0.2, 0.25) is 0 Å². The number of nitro benzene ring substituents is 1. The first-order valence-corrected chi connectivity index (χ1v) is 6.32. The van der Waals surface area contributed by atoms with Gasteiger partial charge in [-0.25, -0.2) is 0 Å². The maximum Gasteiger partial charge on any atom is 0.692 e. The number of nitrogens with one attached hydrogen (secondary N) is 1. The zero-order valence-corrected chi connectivity index (χ0v) is 10.9. The molecule has 2 aromatic carbocycles. The van der Waals surface area contributed by atoms with Gasteiger partial charge in [0.05, 0.1) is 10.3 Å². The van der Waals surface area contributed by atoms with E-state index >= 15 is 0 Å². The van der Waals surface area contributed by atoms with Crippen molar-refractivity contribution in [1.82, 2.24) is 0 Å². The van der Waals surface area contributed by atoms with Crippen molar-refractivity contribution in [2.75, 3.05) is 12.4 Å². The second-order valence-electron chi connectivity index (χ2n) is 3.44. The van der Waals surface area contributed by atoms with Gasteiger partial charge < -0.3 is 5.32 Å². The number of nitrogens with zero attached hydrogens (tertiary/aromatic N) is 1. The average Bonchev–Trinajstić information content (AvgIpc) is 2.36. The summed E-state index contributed by atoms with van der Waals surface area (Å²) in [4.78, 5) is 24.8. The predicted molar refractivity (Wildman–Crippen MR) is 72.2 cm³/mol. The molecule has 0 radical (unpaired) electrons. The van der Waals surface area contributed by atoms with Crippen LogP contribution in [0.15, 0.2) is 36.4 Å². The summed E-state index contributed by atoms with van der Waals surface area (Å²) in [5.41, 5.74) is 0.675. The molecular weight excluding hydrogens is 271 g/mol. The molecule has 0 bridgehead atoms. The second-order valence-corrected chi connectivity index (χ2v) is 3.95. The van der Waals surface area contributed by atoms with Crippen molar-refractivity contribution in [1.29, 1.82) is 0 Å². The summed E-state index contributed by atoms with van der Waals surface area (Å²) < 4.78 is 8.70. The molecule has 0 aliphatic heterocycles. The molecule has 0 aliphatic rings. The molecule has 0 saturated carbocycles. The van der Waals surface area contributed by atoms with Gasteiger partial charge in [0.25, 0.3) is 5.69 Å². The highest BCUT2D eigenvalue weighted by atomic mass is 31.1. The molecule has 2 rings (SSSR count). The molecule has 2 aromatic rings. The molecule has 0 aliphatic carbocycles. The molecule has 0 saturated heterocycles. The molecule has 0 spiro atoms. The molecule has 0 unspecified atom stereocenters. The Morgan fingerprint density at radius 2 is 1.79 bits per heavy atom. The molecule has 0 fully saturated rings. The Kier molecular flexibility index (Phi) is 5.32. The smallest absolute Gasteiger partial charge is 0.383 e. The molecule has 0 atom stereocenters. The monoisotopic (exact) mass is 283 g/mol. The van der Waals surface area contributed by atoms with E-state index < -0.39 is 8.25 Å². The minimum atomic E-state index is -2.87. The van der Waals surface area contributed by atoms with Gasteiger partial charge in [-0.15, -0.1) is 9.79 Å². The van der Waals surface area contributed by atoms with E-state index in [1.807, 2.05) is 18.2 Å². The first-order valence-electron chi connectivity index (χ1n) is 5.16. The minimum absolute atomic E-state index is 0.135. The summed E-state index contributed by atoms with van der Waals surface area (Å²) in [5.74, 6) is 0. The van der Waals surface area contributed by atoms with Crippen LogP contribution in [0.1, 0.15) is 0 Å². The van der Waals surface area contributed by atoms with Crippen LogP contribution in [-0.4, -0.2) is 21.8 Å². The fourth-order valence-corrected chi connectivity index (χ4v) is 1.65. The molecule has 0 heterocycles. The van der Waals surface area contributed by atoms with Crippen molar-refractivity contribution in [3.63, 3.8) is 0 Å². The van der Waals surface area contributed by atoms with Gasteiger partial charge in [-0.05, 0) is 17.5 Å². The molecular formula is C11H12N2O5P+. The van der Waals surface area contributed by atoms with Gasteiger partial charge in [0, 0.05) is 11.6 Å². The van der Waals surface area contributed by atoms with E-state index in [0.717, 1.165) is 5.39 Å². The van der Waals surface area contributed by atoms with E-state index in [9.17, 15) is 10.1 Å². The van der Waals surface area contributed by atoms with Gasteiger partial charge in [-0.2, -0.15) is 0 Å². The van der Waals surface area contributed by atoms with Crippen molar-refractivity contribution in [2.45, 2.75) is 0 Å². The van der Waals surface area contributed by atoms with Crippen LogP contribution in [0, 0.1) is 10.1 Å². The van der Waals surface area contributed by atoms with Crippen molar-refractivity contribution >= 4 is 30.4 Å². The Labute approximate surface area is 109 Å². The summed E-state index contributed by atoms with van der Waals surface area (Å²) in [6.07, 6.45) is 0. The Morgan fingerprint density at radius 1 is 1.21 bits per heavy atom. The van der Waals surface area contributed by atoms with Crippen molar-refractivity contribution in [3.8, 4) is 0 Å². The van der Waals surface area contributed by atoms with Crippen LogP contribution in [0.2, 0.25) is 0 Å². The van der Waals surface area contributed by atoms with Gasteiger partial charge >= 0.3 is 8.25 Å². The third-order valence-corrected chi connectivity index (χ3v) is 2.35. The second kappa shape index (κ2) is 6.75. The summed E-state index contributed by atoms with van der Waals surface area (Å²) in [7, 11) is -1.19. The molecule has 19 heavy (non-hydrogen) atoms.